The van der Waals surface area contributed by atoms with Crippen LogP contribution in [0.1, 0.15) is 10.4 Å². The molecule has 0 N–H and O–H groups in total. The summed E-state index contributed by atoms with van der Waals surface area (Å²) in [7, 11) is 4.80. The third-order valence-electron chi connectivity index (χ3n) is 5.03. The van der Waals surface area contributed by atoms with E-state index in [-0.39, 0.29) is 11.5 Å². The Morgan fingerprint density at radius 1 is 0.848 bits per heavy atom. The van der Waals surface area contributed by atoms with Gasteiger partial charge in [0.1, 0.15) is 17.2 Å². The zero-order valence-electron chi connectivity index (χ0n) is 18.5. The second-order valence-electron chi connectivity index (χ2n) is 6.98. The summed E-state index contributed by atoms with van der Waals surface area (Å²) >= 11 is 1.32. The minimum absolute atomic E-state index is 0.0512. The van der Waals surface area contributed by atoms with Crippen molar-refractivity contribution < 1.29 is 19.0 Å². The molecule has 0 unspecified atom stereocenters. The molecule has 8 heteroatoms. The van der Waals surface area contributed by atoms with E-state index in [1.54, 1.807) is 33.5 Å². The van der Waals surface area contributed by atoms with Crippen LogP contribution in [0.2, 0.25) is 0 Å². The second kappa shape index (κ2) is 10.2. The summed E-state index contributed by atoms with van der Waals surface area (Å²) in [5, 5.41) is 9.43. The summed E-state index contributed by atoms with van der Waals surface area (Å²) in [6.45, 7) is 0. The third kappa shape index (κ3) is 4.85. The van der Waals surface area contributed by atoms with Crippen molar-refractivity contribution in [2.45, 2.75) is 5.16 Å². The van der Waals surface area contributed by atoms with Crippen LogP contribution in [0.4, 0.5) is 0 Å². The highest BCUT2D eigenvalue weighted by Crippen LogP contribution is 2.31. The predicted molar refractivity (Wildman–Crippen MR) is 128 cm³/mol. The molecule has 4 rings (SSSR count). The Morgan fingerprint density at radius 2 is 1.61 bits per heavy atom. The molecule has 0 aliphatic heterocycles. The number of aromatic nitrogens is 3. The Balaban J connectivity index is 1.70. The number of thioether (sulfide) groups is 1. The Bertz CT molecular complexity index is 1250. The molecule has 0 bridgehead atoms. The summed E-state index contributed by atoms with van der Waals surface area (Å²) in [6, 6.07) is 22.4. The van der Waals surface area contributed by atoms with Crippen LogP contribution in [0.25, 0.3) is 17.1 Å². The lowest BCUT2D eigenvalue weighted by Crippen LogP contribution is -2.06. The molecular weight excluding hydrogens is 438 g/mol. The number of nitrogens with zero attached hydrogens (tertiary/aromatic N) is 3. The maximum atomic E-state index is 12.9. The number of rotatable bonds is 9. The maximum Gasteiger partial charge on any atom is 0.196 e. The molecule has 1 heterocycles. The summed E-state index contributed by atoms with van der Waals surface area (Å²) in [5.74, 6) is 2.80. The molecule has 0 atom stereocenters. The fraction of sp³-hybridized carbons (Fsp3) is 0.160. The number of Topliss-reactive ketones (excluding diaryl/α,β-unsaturated/α-hetero) is 1. The number of benzene rings is 3. The van der Waals surface area contributed by atoms with Gasteiger partial charge in [-0.1, -0.05) is 36.0 Å². The molecule has 168 valence electrons. The van der Waals surface area contributed by atoms with Gasteiger partial charge in [0.05, 0.1) is 32.6 Å². The smallest absolute Gasteiger partial charge is 0.196 e. The van der Waals surface area contributed by atoms with Gasteiger partial charge in [-0.25, -0.2) is 0 Å². The second-order valence-corrected chi connectivity index (χ2v) is 7.93. The van der Waals surface area contributed by atoms with Crippen molar-refractivity contribution in [2.24, 2.45) is 0 Å². The monoisotopic (exact) mass is 461 g/mol. The highest BCUT2D eigenvalue weighted by Gasteiger charge is 2.19. The molecule has 0 aliphatic carbocycles. The SMILES string of the molecule is COc1ccc(-n2c(SCC(=O)c3ccccc3OC)nnc2-c2cccc(OC)c2)cc1. The Morgan fingerprint density at radius 3 is 2.33 bits per heavy atom. The number of para-hydroxylation sites is 1. The van der Waals surface area contributed by atoms with Gasteiger partial charge in [0.2, 0.25) is 0 Å². The molecule has 1 aromatic heterocycles. The number of ketones is 1. The van der Waals surface area contributed by atoms with Crippen LogP contribution in [-0.4, -0.2) is 47.6 Å². The largest absolute Gasteiger partial charge is 0.497 e. The average molecular weight is 462 g/mol. The van der Waals surface area contributed by atoms with Gasteiger partial charge in [-0.15, -0.1) is 10.2 Å². The van der Waals surface area contributed by atoms with E-state index in [0.29, 0.717) is 22.3 Å². The van der Waals surface area contributed by atoms with Crippen molar-refractivity contribution in [1.29, 1.82) is 0 Å². The molecule has 33 heavy (non-hydrogen) atoms. The molecule has 3 aromatic carbocycles. The Labute approximate surface area is 196 Å². The first-order valence-corrected chi connectivity index (χ1v) is 11.2. The highest BCUT2D eigenvalue weighted by molar-refractivity contribution is 7.99. The van der Waals surface area contributed by atoms with Crippen LogP contribution in [0.15, 0.2) is 78.0 Å². The molecule has 0 spiro atoms. The quantitative estimate of drug-likeness (QED) is 0.258. The fourth-order valence-corrected chi connectivity index (χ4v) is 4.19. The van der Waals surface area contributed by atoms with E-state index < -0.39 is 0 Å². The van der Waals surface area contributed by atoms with Gasteiger partial charge in [0.25, 0.3) is 0 Å². The molecular formula is C25H23N3O4S. The van der Waals surface area contributed by atoms with E-state index in [9.17, 15) is 4.79 Å². The molecule has 0 aliphatic rings. The predicted octanol–water partition coefficient (Wildman–Crippen LogP) is 4.94. The molecule has 0 saturated carbocycles. The Kier molecular flexibility index (Phi) is 6.95. The summed E-state index contributed by atoms with van der Waals surface area (Å²) in [6.07, 6.45) is 0. The third-order valence-corrected chi connectivity index (χ3v) is 5.96. The van der Waals surface area contributed by atoms with Crippen molar-refractivity contribution in [3.8, 4) is 34.3 Å². The minimum Gasteiger partial charge on any atom is -0.497 e. The number of methoxy groups -OCH3 is 3. The van der Waals surface area contributed by atoms with Gasteiger partial charge in [-0.3, -0.25) is 9.36 Å². The first-order chi connectivity index (χ1) is 16.1. The normalized spacial score (nSPS) is 10.6. The lowest BCUT2D eigenvalue weighted by molar-refractivity contribution is 0.101. The molecule has 0 amide bonds. The molecule has 0 fully saturated rings. The molecule has 4 aromatic rings. The summed E-state index contributed by atoms with van der Waals surface area (Å²) in [5.41, 5.74) is 2.24. The van der Waals surface area contributed by atoms with Crippen LogP contribution >= 0.6 is 11.8 Å². The summed E-state index contributed by atoms with van der Waals surface area (Å²) in [4.78, 5) is 12.9. The van der Waals surface area contributed by atoms with Crippen LogP contribution in [0.5, 0.6) is 17.2 Å². The number of carbonyl (C=O) groups excluding carboxylic acids is 1. The number of hydrogen-bond acceptors (Lipinski definition) is 7. The van der Waals surface area contributed by atoms with E-state index in [0.717, 1.165) is 22.7 Å². The van der Waals surface area contributed by atoms with E-state index in [1.807, 2.05) is 65.2 Å². The van der Waals surface area contributed by atoms with Crippen LogP contribution in [0, 0.1) is 0 Å². The van der Waals surface area contributed by atoms with E-state index >= 15 is 0 Å². The van der Waals surface area contributed by atoms with E-state index in [4.69, 9.17) is 14.2 Å². The topological polar surface area (TPSA) is 75.5 Å². The molecule has 0 radical (unpaired) electrons. The van der Waals surface area contributed by atoms with Gasteiger partial charge in [0, 0.05) is 11.3 Å². The fourth-order valence-electron chi connectivity index (χ4n) is 3.36. The first kappa shape index (κ1) is 22.4. The zero-order valence-corrected chi connectivity index (χ0v) is 19.3. The maximum absolute atomic E-state index is 12.9. The van der Waals surface area contributed by atoms with Gasteiger partial charge in [0.15, 0.2) is 16.8 Å². The highest BCUT2D eigenvalue weighted by atomic mass is 32.2. The van der Waals surface area contributed by atoms with E-state index in [2.05, 4.69) is 10.2 Å². The molecule has 0 saturated heterocycles. The van der Waals surface area contributed by atoms with Gasteiger partial charge in [-0.05, 0) is 48.5 Å². The average Bonchev–Trinajstić information content (AvgIpc) is 3.31. The van der Waals surface area contributed by atoms with Gasteiger partial charge in [-0.2, -0.15) is 0 Å². The summed E-state index contributed by atoms with van der Waals surface area (Å²) < 4.78 is 17.9. The minimum atomic E-state index is -0.0512. The molecule has 7 nitrogen and oxygen atoms in total. The lowest BCUT2D eigenvalue weighted by Gasteiger charge is -2.12. The van der Waals surface area contributed by atoms with Gasteiger partial charge >= 0.3 is 0 Å². The number of carbonyl (C=O) groups is 1. The van der Waals surface area contributed by atoms with Crippen molar-refractivity contribution in [3.05, 3.63) is 78.4 Å². The zero-order chi connectivity index (χ0) is 23.2. The Hall–Kier alpha value is -3.78. The van der Waals surface area contributed by atoms with Crippen molar-refractivity contribution in [2.75, 3.05) is 27.1 Å². The van der Waals surface area contributed by atoms with E-state index in [1.165, 1.54) is 11.8 Å². The van der Waals surface area contributed by atoms with Crippen molar-refractivity contribution >= 4 is 17.5 Å². The van der Waals surface area contributed by atoms with Crippen molar-refractivity contribution in [3.63, 3.8) is 0 Å². The lowest BCUT2D eigenvalue weighted by atomic mass is 10.1. The van der Waals surface area contributed by atoms with Crippen LogP contribution < -0.4 is 14.2 Å². The van der Waals surface area contributed by atoms with Crippen LogP contribution in [0.3, 0.4) is 0 Å². The number of ether oxygens (including phenoxy) is 3. The standard InChI is InChI=1S/C25H23N3O4S/c1-30-19-13-11-18(12-14-19)28-24(17-7-6-8-20(15-17)31-2)26-27-25(28)33-16-22(29)21-9-4-5-10-23(21)32-3/h4-15H,16H2,1-3H3. The van der Waals surface area contributed by atoms with Gasteiger partial charge < -0.3 is 14.2 Å². The first-order valence-electron chi connectivity index (χ1n) is 10.2. The van der Waals surface area contributed by atoms with Crippen LogP contribution in [-0.2, 0) is 0 Å². The van der Waals surface area contributed by atoms with Crippen molar-refractivity contribution in [1.82, 2.24) is 14.8 Å². The number of hydrogen-bond donors (Lipinski definition) is 0.